The van der Waals surface area contributed by atoms with E-state index in [2.05, 4.69) is 43.5 Å². The summed E-state index contributed by atoms with van der Waals surface area (Å²) in [5.74, 6) is 0.0421. The highest BCUT2D eigenvalue weighted by Gasteiger charge is 2.42. The minimum absolute atomic E-state index is 0.0769. The maximum absolute atomic E-state index is 12.8. The second-order valence-corrected chi connectivity index (χ2v) is 9.61. The third-order valence-corrected chi connectivity index (χ3v) is 6.06. The zero-order valence-corrected chi connectivity index (χ0v) is 19.1. The van der Waals surface area contributed by atoms with Gasteiger partial charge in [0, 0.05) is 22.9 Å². The number of benzene rings is 3. The van der Waals surface area contributed by atoms with E-state index in [0.717, 1.165) is 28.8 Å². The monoisotopic (exact) mass is 426 g/mol. The third kappa shape index (κ3) is 4.97. The lowest BCUT2D eigenvalue weighted by Gasteiger charge is -2.18. The summed E-state index contributed by atoms with van der Waals surface area (Å²) in [5.41, 5.74) is 5.58. The van der Waals surface area contributed by atoms with Crippen molar-refractivity contribution < 1.29 is 9.59 Å². The van der Waals surface area contributed by atoms with Crippen LogP contribution in [0.25, 0.3) is 0 Å². The SMILES string of the molecule is Cc1ccccc1C(=O)Nc1ccc(CC2NC2C(=O)c2ccc(C(C)(C)C)cc2)cc1. The topological polar surface area (TPSA) is 68.1 Å². The second-order valence-electron chi connectivity index (χ2n) is 9.61. The largest absolute Gasteiger partial charge is 0.322 e. The standard InChI is InChI=1S/C28H30N2O2/c1-18-7-5-6-8-23(18)27(32)29-22-15-9-19(10-16-22)17-24-25(30-24)26(31)20-11-13-21(14-12-20)28(2,3)4/h5-16,24-25,30H,17H2,1-4H3,(H,29,32). The maximum Gasteiger partial charge on any atom is 0.255 e. The van der Waals surface area contributed by atoms with Gasteiger partial charge in [-0.1, -0.05) is 75.4 Å². The average Bonchev–Trinajstić information content (AvgIpc) is 3.53. The molecule has 2 unspecified atom stereocenters. The first-order chi connectivity index (χ1) is 15.2. The van der Waals surface area contributed by atoms with Gasteiger partial charge in [0.05, 0.1) is 6.04 Å². The maximum atomic E-state index is 12.8. The van der Waals surface area contributed by atoms with Crippen molar-refractivity contribution in [1.82, 2.24) is 5.32 Å². The number of anilines is 1. The Morgan fingerprint density at radius 3 is 2.19 bits per heavy atom. The molecular formula is C28H30N2O2. The lowest BCUT2D eigenvalue weighted by molar-refractivity contribution is 0.0986. The van der Waals surface area contributed by atoms with Gasteiger partial charge in [0.25, 0.3) is 5.91 Å². The normalized spacial score (nSPS) is 17.6. The summed E-state index contributed by atoms with van der Waals surface area (Å²) >= 11 is 0. The van der Waals surface area contributed by atoms with Gasteiger partial charge >= 0.3 is 0 Å². The van der Waals surface area contributed by atoms with Crippen LogP contribution in [0.5, 0.6) is 0 Å². The Kier molecular flexibility index (Phi) is 5.98. The number of rotatable bonds is 6. The lowest BCUT2D eigenvalue weighted by atomic mass is 9.86. The molecule has 1 aliphatic rings. The van der Waals surface area contributed by atoms with Gasteiger partial charge < -0.3 is 10.6 Å². The van der Waals surface area contributed by atoms with Crippen LogP contribution in [-0.2, 0) is 11.8 Å². The Hall–Kier alpha value is -3.24. The average molecular weight is 427 g/mol. The van der Waals surface area contributed by atoms with Gasteiger partial charge in [0.1, 0.15) is 0 Å². The summed E-state index contributed by atoms with van der Waals surface area (Å²) in [7, 11) is 0. The van der Waals surface area contributed by atoms with Crippen LogP contribution in [0.1, 0.15) is 58.2 Å². The molecule has 4 nitrogen and oxygen atoms in total. The molecule has 164 valence electrons. The van der Waals surface area contributed by atoms with E-state index in [1.165, 1.54) is 5.56 Å². The Morgan fingerprint density at radius 1 is 0.906 bits per heavy atom. The van der Waals surface area contributed by atoms with Gasteiger partial charge in [-0.25, -0.2) is 0 Å². The molecule has 2 atom stereocenters. The van der Waals surface area contributed by atoms with Crippen molar-refractivity contribution >= 4 is 17.4 Å². The number of nitrogens with one attached hydrogen (secondary N) is 2. The molecule has 0 aliphatic carbocycles. The predicted molar refractivity (Wildman–Crippen MR) is 129 cm³/mol. The fraction of sp³-hybridized carbons (Fsp3) is 0.286. The summed E-state index contributed by atoms with van der Waals surface area (Å²) in [6.45, 7) is 8.43. The Morgan fingerprint density at radius 2 is 1.56 bits per heavy atom. The number of hydrogen-bond donors (Lipinski definition) is 2. The fourth-order valence-electron chi connectivity index (χ4n) is 3.93. The first-order valence-electron chi connectivity index (χ1n) is 11.1. The molecule has 2 N–H and O–H groups in total. The van der Waals surface area contributed by atoms with Crippen LogP contribution in [0.15, 0.2) is 72.8 Å². The summed E-state index contributed by atoms with van der Waals surface area (Å²) in [6, 6.07) is 23.4. The number of amides is 1. The first-order valence-corrected chi connectivity index (χ1v) is 11.1. The van der Waals surface area contributed by atoms with Crippen molar-refractivity contribution in [2.24, 2.45) is 0 Å². The van der Waals surface area contributed by atoms with Gasteiger partial charge in [-0.2, -0.15) is 0 Å². The Balaban J connectivity index is 1.32. The van der Waals surface area contributed by atoms with Crippen molar-refractivity contribution in [2.75, 3.05) is 5.32 Å². The molecule has 0 radical (unpaired) electrons. The van der Waals surface area contributed by atoms with E-state index in [9.17, 15) is 9.59 Å². The highest BCUT2D eigenvalue weighted by molar-refractivity contribution is 6.05. The van der Waals surface area contributed by atoms with E-state index in [0.29, 0.717) is 5.56 Å². The van der Waals surface area contributed by atoms with Gasteiger partial charge in [-0.05, 0) is 53.6 Å². The number of carbonyl (C=O) groups is 2. The highest BCUT2D eigenvalue weighted by Crippen LogP contribution is 2.25. The first kappa shape index (κ1) is 22.0. The molecular weight excluding hydrogens is 396 g/mol. The molecule has 1 fully saturated rings. The highest BCUT2D eigenvalue weighted by atomic mass is 16.1. The van der Waals surface area contributed by atoms with Crippen molar-refractivity contribution in [3.63, 3.8) is 0 Å². The molecule has 0 aromatic heterocycles. The molecule has 0 bridgehead atoms. The van der Waals surface area contributed by atoms with Crippen LogP contribution in [0.4, 0.5) is 5.69 Å². The Labute approximate surface area is 190 Å². The molecule has 1 saturated heterocycles. The van der Waals surface area contributed by atoms with E-state index < -0.39 is 0 Å². The van der Waals surface area contributed by atoms with E-state index >= 15 is 0 Å². The molecule has 1 heterocycles. The fourth-order valence-corrected chi connectivity index (χ4v) is 3.93. The number of ketones is 1. The summed E-state index contributed by atoms with van der Waals surface area (Å²) in [6.07, 6.45) is 0.780. The van der Waals surface area contributed by atoms with Crippen LogP contribution in [0.2, 0.25) is 0 Å². The second kappa shape index (κ2) is 8.71. The van der Waals surface area contributed by atoms with Crippen molar-refractivity contribution in [3.05, 3.63) is 101 Å². The van der Waals surface area contributed by atoms with E-state index in [-0.39, 0.29) is 29.2 Å². The van der Waals surface area contributed by atoms with Crippen molar-refractivity contribution in [1.29, 1.82) is 0 Å². The number of aryl methyl sites for hydroxylation is 1. The molecule has 0 saturated carbocycles. The molecule has 4 heteroatoms. The quantitative estimate of drug-likeness (QED) is 0.415. The molecule has 3 aromatic carbocycles. The zero-order chi connectivity index (χ0) is 22.9. The number of carbonyl (C=O) groups excluding carboxylic acids is 2. The molecule has 4 rings (SSSR count). The minimum atomic E-state index is -0.129. The smallest absolute Gasteiger partial charge is 0.255 e. The summed E-state index contributed by atoms with van der Waals surface area (Å²) in [4.78, 5) is 25.3. The Bertz CT molecular complexity index is 1130. The van der Waals surface area contributed by atoms with Gasteiger partial charge in [-0.3, -0.25) is 9.59 Å². The molecule has 1 amide bonds. The number of hydrogen-bond acceptors (Lipinski definition) is 3. The molecule has 0 spiro atoms. The molecule has 3 aromatic rings. The lowest BCUT2D eigenvalue weighted by Crippen LogP contribution is -2.14. The number of Topliss-reactive ketones (excluding diaryl/α,β-unsaturated/α-hetero) is 1. The van der Waals surface area contributed by atoms with E-state index in [1.807, 2.05) is 67.6 Å². The summed E-state index contributed by atoms with van der Waals surface area (Å²) in [5, 5.41) is 6.27. The van der Waals surface area contributed by atoms with Crippen LogP contribution in [0.3, 0.4) is 0 Å². The van der Waals surface area contributed by atoms with Crippen LogP contribution in [-0.4, -0.2) is 23.8 Å². The molecule has 32 heavy (non-hydrogen) atoms. The third-order valence-electron chi connectivity index (χ3n) is 6.06. The summed E-state index contributed by atoms with van der Waals surface area (Å²) < 4.78 is 0. The minimum Gasteiger partial charge on any atom is -0.322 e. The zero-order valence-electron chi connectivity index (χ0n) is 19.1. The van der Waals surface area contributed by atoms with Gasteiger partial charge in [-0.15, -0.1) is 0 Å². The van der Waals surface area contributed by atoms with Crippen molar-refractivity contribution in [2.45, 2.75) is 51.6 Å². The van der Waals surface area contributed by atoms with E-state index in [1.54, 1.807) is 0 Å². The van der Waals surface area contributed by atoms with Crippen LogP contribution in [0, 0.1) is 6.92 Å². The predicted octanol–water partition coefficient (Wildman–Crippen LogP) is 5.31. The van der Waals surface area contributed by atoms with Gasteiger partial charge in [0.2, 0.25) is 0 Å². The van der Waals surface area contributed by atoms with E-state index in [4.69, 9.17) is 0 Å². The van der Waals surface area contributed by atoms with Gasteiger partial charge in [0.15, 0.2) is 5.78 Å². The molecule has 1 aliphatic heterocycles. The van der Waals surface area contributed by atoms with Crippen molar-refractivity contribution in [3.8, 4) is 0 Å². The van der Waals surface area contributed by atoms with Crippen LogP contribution >= 0.6 is 0 Å². The van der Waals surface area contributed by atoms with Crippen LogP contribution < -0.4 is 10.6 Å².